The molecule has 1 aliphatic heterocycles. The van der Waals surface area contributed by atoms with E-state index >= 15 is 0 Å². The average Bonchev–Trinajstić information content (AvgIpc) is 2.45. The number of carboxylic acid groups (broad SMARTS) is 3. The van der Waals surface area contributed by atoms with Crippen LogP contribution in [0.4, 0.5) is 0 Å². The molecule has 0 saturated carbocycles. The third-order valence-corrected chi connectivity index (χ3v) is 3.75. The second-order valence-electron chi connectivity index (χ2n) is 5.76. The van der Waals surface area contributed by atoms with Gasteiger partial charge in [-0.15, -0.1) is 0 Å². The van der Waals surface area contributed by atoms with Gasteiger partial charge in [0.1, 0.15) is 0 Å². The molecule has 1 heterocycles. The van der Waals surface area contributed by atoms with Crippen molar-refractivity contribution in [2.24, 2.45) is 0 Å². The summed E-state index contributed by atoms with van der Waals surface area (Å²) in [6.07, 6.45) is 0. The summed E-state index contributed by atoms with van der Waals surface area (Å²) in [5, 5.41) is 30.1. The molecule has 0 aliphatic carbocycles. The van der Waals surface area contributed by atoms with Crippen molar-refractivity contribution < 1.29 is 69.6 Å². The minimum atomic E-state index is -0.960. The van der Waals surface area contributed by atoms with Gasteiger partial charge in [0.2, 0.25) is 0 Å². The first-order chi connectivity index (χ1) is 11.4. The van der Waals surface area contributed by atoms with E-state index in [0.717, 1.165) is 0 Å². The Morgan fingerprint density at radius 2 is 0.920 bits per heavy atom. The van der Waals surface area contributed by atoms with E-state index in [4.69, 9.17) is 15.3 Å². The van der Waals surface area contributed by atoms with E-state index in [1.54, 1.807) is 14.7 Å². The van der Waals surface area contributed by atoms with E-state index in [-0.39, 0.29) is 59.6 Å². The second-order valence-corrected chi connectivity index (χ2v) is 5.76. The molecular weight excluding hydrogens is 477 g/mol. The molecule has 11 heteroatoms. The van der Waals surface area contributed by atoms with Gasteiger partial charge in [-0.05, 0) is 0 Å². The summed E-state index contributed by atoms with van der Waals surface area (Å²) in [6.45, 7) is 3.64. The molecule has 4 N–H and O–H groups in total. The van der Waals surface area contributed by atoms with Crippen LogP contribution in [0.1, 0.15) is 0 Å². The monoisotopic (exact) mass is 504 g/mol. The molecule has 1 saturated heterocycles. The molecule has 10 nitrogen and oxygen atoms in total. The first-order valence-electron chi connectivity index (χ1n) is 7.90. The van der Waals surface area contributed by atoms with E-state index in [2.05, 4.69) is 5.32 Å². The summed E-state index contributed by atoms with van der Waals surface area (Å²) in [5.74, 6) is -2.79. The fraction of sp³-hybridized carbons (Fsp3) is 0.786. The fourth-order valence-corrected chi connectivity index (χ4v) is 2.55. The van der Waals surface area contributed by atoms with Crippen molar-refractivity contribution in [3.8, 4) is 0 Å². The second kappa shape index (κ2) is 13.7. The molecule has 1 fully saturated rings. The zero-order valence-electron chi connectivity index (χ0n) is 14.0. The van der Waals surface area contributed by atoms with Crippen LogP contribution in [0.15, 0.2) is 0 Å². The van der Waals surface area contributed by atoms with Gasteiger partial charge >= 0.3 is 57.8 Å². The van der Waals surface area contributed by atoms with E-state index in [1.165, 1.54) is 0 Å². The SMILES string of the molecule is O=C(O)CN1CCNCCN(CC(=O)O)CCN(CC(=O)O)CC1.[Gd+3]. The number of carboxylic acids is 3. The van der Waals surface area contributed by atoms with Gasteiger partial charge in [-0.3, -0.25) is 29.1 Å². The van der Waals surface area contributed by atoms with Crippen LogP contribution in [0, 0.1) is 39.9 Å². The summed E-state index contributed by atoms with van der Waals surface area (Å²) in [6, 6.07) is 0. The third kappa shape index (κ3) is 12.5. The van der Waals surface area contributed by atoms with Gasteiger partial charge in [0.25, 0.3) is 0 Å². The fourth-order valence-electron chi connectivity index (χ4n) is 2.55. The van der Waals surface area contributed by atoms with Crippen molar-refractivity contribution >= 4 is 17.9 Å². The minimum Gasteiger partial charge on any atom is -0.480 e. The molecule has 0 aromatic carbocycles. The number of nitrogens with one attached hydrogen (secondary N) is 1. The number of carbonyl (C=O) groups is 3. The molecule has 0 atom stereocenters. The van der Waals surface area contributed by atoms with Gasteiger partial charge in [0.05, 0.1) is 19.6 Å². The van der Waals surface area contributed by atoms with Crippen molar-refractivity contribution in [1.82, 2.24) is 20.0 Å². The molecular formula is C14H26GdN4O6+3. The van der Waals surface area contributed by atoms with Gasteiger partial charge in [0, 0.05) is 52.4 Å². The Kier molecular flexibility index (Phi) is 13.5. The first kappa shape index (κ1) is 24.6. The molecule has 0 unspecified atom stereocenters. The van der Waals surface area contributed by atoms with Crippen LogP contribution < -0.4 is 5.32 Å². The van der Waals surface area contributed by atoms with Gasteiger partial charge < -0.3 is 20.6 Å². The average molecular weight is 504 g/mol. The van der Waals surface area contributed by atoms with Gasteiger partial charge in [-0.2, -0.15) is 0 Å². The molecule has 143 valence electrons. The Morgan fingerprint density at radius 1 is 0.640 bits per heavy atom. The van der Waals surface area contributed by atoms with Crippen molar-refractivity contribution in [2.45, 2.75) is 0 Å². The molecule has 1 radical (unpaired) electrons. The van der Waals surface area contributed by atoms with Crippen LogP contribution in [0.5, 0.6) is 0 Å². The normalized spacial score (nSPS) is 19.2. The largest absolute Gasteiger partial charge is 3.00 e. The van der Waals surface area contributed by atoms with Crippen LogP contribution in [-0.2, 0) is 14.4 Å². The van der Waals surface area contributed by atoms with Crippen LogP contribution in [0.25, 0.3) is 0 Å². The molecule has 1 aliphatic rings. The maximum atomic E-state index is 11.0. The third-order valence-electron chi connectivity index (χ3n) is 3.75. The topological polar surface area (TPSA) is 134 Å². The maximum Gasteiger partial charge on any atom is 3.00 e. The number of nitrogens with zero attached hydrogens (tertiary/aromatic N) is 3. The number of hydrogen-bond donors (Lipinski definition) is 4. The molecule has 0 spiro atoms. The van der Waals surface area contributed by atoms with E-state index in [1.807, 2.05) is 0 Å². The van der Waals surface area contributed by atoms with E-state index in [0.29, 0.717) is 52.4 Å². The smallest absolute Gasteiger partial charge is 0.480 e. The molecule has 0 amide bonds. The van der Waals surface area contributed by atoms with Crippen molar-refractivity contribution in [2.75, 3.05) is 72.0 Å². The number of rotatable bonds is 6. The Balaban J connectivity index is 0.00000576. The van der Waals surface area contributed by atoms with Crippen LogP contribution in [0.2, 0.25) is 0 Å². The summed E-state index contributed by atoms with van der Waals surface area (Å²) in [7, 11) is 0. The minimum absolute atomic E-state index is 0. The van der Waals surface area contributed by atoms with E-state index in [9.17, 15) is 14.4 Å². The van der Waals surface area contributed by atoms with Crippen LogP contribution in [-0.4, -0.2) is 120 Å². The quantitative estimate of drug-likeness (QED) is 0.315. The molecule has 25 heavy (non-hydrogen) atoms. The predicted molar refractivity (Wildman–Crippen MR) is 85.1 cm³/mol. The molecule has 0 bridgehead atoms. The molecule has 0 aromatic heterocycles. The zero-order chi connectivity index (χ0) is 17.9. The Labute approximate surface area is 178 Å². The Morgan fingerprint density at radius 3 is 1.20 bits per heavy atom. The molecule has 1 rings (SSSR count). The van der Waals surface area contributed by atoms with Gasteiger partial charge in [-0.25, -0.2) is 0 Å². The Hall–Kier alpha value is -0.425. The van der Waals surface area contributed by atoms with Crippen LogP contribution >= 0.6 is 0 Å². The van der Waals surface area contributed by atoms with Crippen molar-refractivity contribution in [3.05, 3.63) is 0 Å². The standard InChI is InChI=1S/C14H26N4O6.Gd/c19-12(20)9-16-3-1-15-2-4-17(10-13(21)22)6-8-18(7-5-16)11-14(23)24;/h15H,1-11H2,(H,19,20)(H,21,22)(H,23,24);/q;+3. The van der Waals surface area contributed by atoms with Crippen molar-refractivity contribution in [3.63, 3.8) is 0 Å². The first-order valence-corrected chi connectivity index (χ1v) is 7.90. The maximum absolute atomic E-state index is 11.0. The predicted octanol–water partition coefficient (Wildman–Crippen LogP) is -2.25. The number of aliphatic carboxylic acids is 3. The van der Waals surface area contributed by atoms with Crippen molar-refractivity contribution in [1.29, 1.82) is 0 Å². The summed E-state index contributed by atoms with van der Waals surface area (Å²) >= 11 is 0. The Bertz CT molecular complexity index is 410. The van der Waals surface area contributed by atoms with Gasteiger partial charge in [-0.1, -0.05) is 0 Å². The van der Waals surface area contributed by atoms with Gasteiger partial charge in [0.15, 0.2) is 0 Å². The van der Waals surface area contributed by atoms with E-state index < -0.39 is 17.9 Å². The van der Waals surface area contributed by atoms with Crippen LogP contribution in [0.3, 0.4) is 0 Å². The zero-order valence-corrected chi connectivity index (χ0v) is 16.3. The summed E-state index contributed by atoms with van der Waals surface area (Å²) in [5.41, 5.74) is 0. The number of hydrogen-bond acceptors (Lipinski definition) is 7. The summed E-state index contributed by atoms with van der Waals surface area (Å²) in [4.78, 5) is 38.1. The molecule has 0 aromatic rings. The summed E-state index contributed by atoms with van der Waals surface area (Å²) < 4.78 is 0.